The number of anilines is 2. The highest BCUT2D eigenvalue weighted by atomic mass is 79.9. The van der Waals surface area contributed by atoms with Crippen molar-refractivity contribution in [2.45, 2.75) is 0 Å². The van der Waals surface area contributed by atoms with Crippen LogP contribution >= 0.6 is 15.9 Å². The van der Waals surface area contributed by atoms with E-state index in [2.05, 4.69) is 26.2 Å². The Balaban J connectivity index is 2.33. The zero-order chi connectivity index (χ0) is 15.6. The third-order valence-electron chi connectivity index (χ3n) is 2.53. The lowest BCUT2D eigenvalue weighted by Gasteiger charge is -2.09. The Morgan fingerprint density at radius 1 is 1.24 bits per heavy atom. The van der Waals surface area contributed by atoms with E-state index in [1.165, 1.54) is 0 Å². The lowest BCUT2D eigenvalue weighted by Crippen LogP contribution is -2.18. The van der Waals surface area contributed by atoms with Gasteiger partial charge in [-0.2, -0.15) is 0 Å². The van der Waals surface area contributed by atoms with Gasteiger partial charge in [0.15, 0.2) is 11.6 Å². The zero-order valence-corrected chi connectivity index (χ0v) is 11.8. The summed E-state index contributed by atoms with van der Waals surface area (Å²) < 4.78 is 40.7. The van der Waals surface area contributed by atoms with Crippen LogP contribution < -0.4 is 16.6 Å². The van der Waals surface area contributed by atoms with Gasteiger partial charge in [-0.15, -0.1) is 0 Å². The predicted octanol–water partition coefficient (Wildman–Crippen LogP) is 2.80. The van der Waals surface area contributed by atoms with Gasteiger partial charge >= 0.3 is 0 Å². The fourth-order valence-corrected chi connectivity index (χ4v) is 1.84. The zero-order valence-electron chi connectivity index (χ0n) is 10.3. The summed E-state index contributed by atoms with van der Waals surface area (Å²) >= 11 is 2.80. The number of aromatic nitrogens is 1. The Morgan fingerprint density at radius 2 is 1.95 bits per heavy atom. The van der Waals surface area contributed by atoms with Gasteiger partial charge in [0.1, 0.15) is 11.6 Å². The monoisotopic (exact) mass is 360 g/mol. The highest BCUT2D eigenvalue weighted by molar-refractivity contribution is 9.10. The van der Waals surface area contributed by atoms with Gasteiger partial charge in [0.05, 0.1) is 15.7 Å². The second-order valence-corrected chi connectivity index (χ2v) is 4.72. The van der Waals surface area contributed by atoms with Crippen molar-refractivity contribution in [3.8, 4) is 0 Å². The molecule has 0 aliphatic rings. The number of carbonyl (C=O) groups is 1. The van der Waals surface area contributed by atoms with E-state index in [4.69, 9.17) is 5.84 Å². The van der Waals surface area contributed by atoms with Crippen LogP contribution in [0.5, 0.6) is 0 Å². The molecule has 1 amide bonds. The minimum atomic E-state index is -1.00. The quantitative estimate of drug-likeness (QED) is 0.446. The standard InChI is InChI=1S/C12H8BrF3N4O/c13-6-3-8(15)9(4-7(6)14)19-12(21)5-1-2-18-11(20-17)10(5)16/h1-4H,17H2,(H,18,20)(H,19,21). The Labute approximate surface area is 125 Å². The van der Waals surface area contributed by atoms with Gasteiger partial charge in [-0.3, -0.25) is 4.79 Å². The van der Waals surface area contributed by atoms with E-state index in [0.29, 0.717) is 0 Å². The Bertz CT molecular complexity index is 711. The normalized spacial score (nSPS) is 10.3. The smallest absolute Gasteiger partial charge is 0.258 e. The van der Waals surface area contributed by atoms with E-state index in [9.17, 15) is 18.0 Å². The van der Waals surface area contributed by atoms with Crippen molar-refractivity contribution in [3.05, 3.63) is 51.9 Å². The first-order chi connectivity index (χ1) is 9.93. The number of amides is 1. The number of nitrogens with zero attached hydrogens (tertiary/aromatic N) is 1. The lowest BCUT2D eigenvalue weighted by atomic mass is 10.2. The molecule has 0 bridgehead atoms. The first-order valence-corrected chi connectivity index (χ1v) is 6.30. The number of benzene rings is 1. The van der Waals surface area contributed by atoms with Crippen LogP contribution in [-0.2, 0) is 0 Å². The van der Waals surface area contributed by atoms with E-state index in [-0.39, 0.29) is 10.3 Å². The molecular formula is C12H8BrF3N4O. The third kappa shape index (κ3) is 3.14. The van der Waals surface area contributed by atoms with Gasteiger partial charge in [-0.05, 0) is 28.1 Å². The average molecular weight is 361 g/mol. The van der Waals surface area contributed by atoms with Crippen LogP contribution in [0, 0.1) is 17.5 Å². The number of rotatable bonds is 3. The van der Waals surface area contributed by atoms with Crippen molar-refractivity contribution < 1.29 is 18.0 Å². The van der Waals surface area contributed by atoms with Crippen LogP contribution in [0.2, 0.25) is 0 Å². The highest BCUT2D eigenvalue weighted by Gasteiger charge is 2.18. The molecule has 5 nitrogen and oxygen atoms in total. The first-order valence-electron chi connectivity index (χ1n) is 5.51. The second-order valence-electron chi connectivity index (χ2n) is 3.87. The van der Waals surface area contributed by atoms with Crippen LogP contribution in [-0.4, -0.2) is 10.9 Å². The van der Waals surface area contributed by atoms with Crippen LogP contribution in [0.15, 0.2) is 28.9 Å². The molecule has 0 aliphatic carbocycles. The Morgan fingerprint density at radius 3 is 2.62 bits per heavy atom. The molecule has 0 radical (unpaired) electrons. The second kappa shape index (κ2) is 6.10. The summed E-state index contributed by atoms with van der Waals surface area (Å²) in [6.07, 6.45) is 1.14. The summed E-state index contributed by atoms with van der Waals surface area (Å²) in [4.78, 5) is 15.5. The summed E-state index contributed by atoms with van der Waals surface area (Å²) in [5.74, 6) is 1.08. The number of hydrogen-bond donors (Lipinski definition) is 3. The fourth-order valence-electron chi connectivity index (χ4n) is 1.53. The number of hydrogen-bond acceptors (Lipinski definition) is 4. The maximum absolute atomic E-state index is 13.8. The molecule has 9 heteroatoms. The molecule has 0 fully saturated rings. The molecule has 0 saturated carbocycles. The summed E-state index contributed by atoms with van der Waals surface area (Å²) in [5, 5.41) is 2.08. The molecule has 21 heavy (non-hydrogen) atoms. The topological polar surface area (TPSA) is 80.0 Å². The third-order valence-corrected chi connectivity index (χ3v) is 3.14. The Kier molecular flexibility index (Phi) is 4.43. The van der Waals surface area contributed by atoms with E-state index < -0.39 is 34.6 Å². The van der Waals surface area contributed by atoms with Gasteiger partial charge in [0.25, 0.3) is 5.91 Å². The first kappa shape index (κ1) is 15.3. The minimum absolute atomic E-state index is 0.0947. The number of nitrogens with two attached hydrogens (primary N) is 1. The summed E-state index contributed by atoms with van der Waals surface area (Å²) in [7, 11) is 0. The van der Waals surface area contributed by atoms with Crippen LogP contribution in [0.3, 0.4) is 0 Å². The molecule has 0 unspecified atom stereocenters. The van der Waals surface area contributed by atoms with Crippen LogP contribution in [0.4, 0.5) is 24.7 Å². The molecule has 4 N–H and O–H groups in total. The van der Waals surface area contributed by atoms with Crippen molar-refractivity contribution in [3.63, 3.8) is 0 Å². The van der Waals surface area contributed by atoms with Gasteiger partial charge in [0, 0.05) is 12.3 Å². The molecule has 0 spiro atoms. The molecule has 0 aliphatic heterocycles. The van der Waals surface area contributed by atoms with E-state index >= 15 is 0 Å². The number of hydrazine groups is 1. The van der Waals surface area contributed by atoms with E-state index in [0.717, 1.165) is 24.4 Å². The summed E-state index contributed by atoms with van der Waals surface area (Å²) in [5.41, 5.74) is 1.14. The molecule has 2 rings (SSSR count). The molecule has 110 valence electrons. The molecule has 1 aromatic carbocycles. The van der Waals surface area contributed by atoms with Crippen molar-refractivity contribution in [1.82, 2.24) is 4.98 Å². The van der Waals surface area contributed by atoms with Crippen molar-refractivity contribution >= 4 is 33.3 Å². The maximum atomic E-state index is 13.8. The lowest BCUT2D eigenvalue weighted by molar-refractivity contribution is 0.102. The molecule has 1 aromatic heterocycles. The number of halogens is 4. The van der Waals surface area contributed by atoms with Crippen LogP contribution in [0.1, 0.15) is 10.4 Å². The number of nitrogen functional groups attached to an aromatic ring is 1. The van der Waals surface area contributed by atoms with Crippen molar-refractivity contribution in [2.24, 2.45) is 5.84 Å². The largest absolute Gasteiger partial charge is 0.319 e. The average Bonchev–Trinajstić information content (AvgIpc) is 2.44. The molecule has 0 atom stereocenters. The number of pyridine rings is 1. The van der Waals surface area contributed by atoms with E-state index in [1.807, 2.05) is 5.43 Å². The van der Waals surface area contributed by atoms with Crippen LogP contribution in [0.25, 0.3) is 0 Å². The molecule has 2 aromatic rings. The minimum Gasteiger partial charge on any atom is -0.319 e. The van der Waals surface area contributed by atoms with Crippen molar-refractivity contribution in [2.75, 3.05) is 10.7 Å². The van der Waals surface area contributed by atoms with Gasteiger partial charge in [-0.1, -0.05) is 0 Å². The number of carbonyl (C=O) groups excluding carboxylic acids is 1. The fraction of sp³-hybridized carbons (Fsp3) is 0. The molecule has 1 heterocycles. The van der Waals surface area contributed by atoms with Gasteiger partial charge in [-0.25, -0.2) is 24.0 Å². The van der Waals surface area contributed by atoms with Gasteiger partial charge in [0.2, 0.25) is 0 Å². The van der Waals surface area contributed by atoms with Gasteiger partial charge < -0.3 is 10.7 Å². The molecule has 0 saturated heterocycles. The highest BCUT2D eigenvalue weighted by Crippen LogP contribution is 2.24. The van der Waals surface area contributed by atoms with E-state index in [1.54, 1.807) is 0 Å². The molecular weight excluding hydrogens is 353 g/mol. The SMILES string of the molecule is NNc1nccc(C(=O)Nc2cc(F)c(Br)cc2F)c1F. The van der Waals surface area contributed by atoms with Crippen molar-refractivity contribution in [1.29, 1.82) is 0 Å². The number of nitrogens with one attached hydrogen (secondary N) is 2. The Hall–Kier alpha value is -2.13. The summed E-state index contributed by atoms with van der Waals surface area (Å²) in [6.45, 7) is 0. The predicted molar refractivity (Wildman–Crippen MR) is 74.0 cm³/mol. The maximum Gasteiger partial charge on any atom is 0.258 e. The summed E-state index contributed by atoms with van der Waals surface area (Å²) in [6, 6.07) is 2.71.